The molecule has 0 bridgehead atoms. The SMILES string of the molecule is CC(=O)N1Cc2ccccc2C[C@H]1C(=O)NCCc1c[nH]c2ccccc12. The highest BCUT2D eigenvalue weighted by Gasteiger charge is 2.32. The number of aromatic amines is 1. The molecule has 0 spiro atoms. The Morgan fingerprint density at radius 2 is 1.85 bits per heavy atom. The number of amides is 2. The van der Waals surface area contributed by atoms with Gasteiger partial charge in [0.1, 0.15) is 6.04 Å². The summed E-state index contributed by atoms with van der Waals surface area (Å²) in [5, 5.41) is 4.21. The van der Waals surface area contributed by atoms with Crippen molar-refractivity contribution in [3.8, 4) is 0 Å². The number of hydrogen-bond acceptors (Lipinski definition) is 2. The number of H-pyrrole nitrogens is 1. The Morgan fingerprint density at radius 1 is 1.11 bits per heavy atom. The van der Waals surface area contributed by atoms with Gasteiger partial charge >= 0.3 is 0 Å². The molecule has 0 fully saturated rings. The van der Waals surface area contributed by atoms with E-state index in [1.165, 1.54) is 17.9 Å². The van der Waals surface area contributed by atoms with Gasteiger partial charge in [-0.2, -0.15) is 0 Å². The van der Waals surface area contributed by atoms with E-state index in [1.54, 1.807) is 4.90 Å². The van der Waals surface area contributed by atoms with Gasteiger partial charge in [0.2, 0.25) is 11.8 Å². The highest BCUT2D eigenvalue weighted by molar-refractivity contribution is 5.88. The van der Waals surface area contributed by atoms with Crippen LogP contribution in [0.25, 0.3) is 10.9 Å². The van der Waals surface area contributed by atoms with Crippen LogP contribution in [0.4, 0.5) is 0 Å². The van der Waals surface area contributed by atoms with E-state index < -0.39 is 6.04 Å². The third-order valence-corrected chi connectivity index (χ3v) is 5.32. The van der Waals surface area contributed by atoms with E-state index in [4.69, 9.17) is 0 Å². The Labute approximate surface area is 158 Å². The van der Waals surface area contributed by atoms with Gasteiger partial charge in [0.15, 0.2) is 0 Å². The van der Waals surface area contributed by atoms with Crippen LogP contribution in [0.5, 0.6) is 0 Å². The summed E-state index contributed by atoms with van der Waals surface area (Å²) in [7, 11) is 0. The van der Waals surface area contributed by atoms with Crippen LogP contribution < -0.4 is 5.32 Å². The summed E-state index contributed by atoms with van der Waals surface area (Å²) in [6.07, 6.45) is 3.31. The first-order valence-corrected chi connectivity index (χ1v) is 9.30. The summed E-state index contributed by atoms with van der Waals surface area (Å²) in [5.74, 6) is -0.152. The lowest BCUT2D eigenvalue weighted by atomic mass is 9.93. The minimum atomic E-state index is -0.444. The summed E-state index contributed by atoms with van der Waals surface area (Å²) in [4.78, 5) is 29.8. The normalized spacial score (nSPS) is 16.2. The first-order chi connectivity index (χ1) is 13.1. The second kappa shape index (κ2) is 7.27. The summed E-state index contributed by atoms with van der Waals surface area (Å²) < 4.78 is 0. The molecule has 2 N–H and O–H groups in total. The van der Waals surface area contributed by atoms with Crippen molar-refractivity contribution < 1.29 is 9.59 Å². The van der Waals surface area contributed by atoms with Crippen LogP contribution >= 0.6 is 0 Å². The van der Waals surface area contributed by atoms with Gasteiger partial charge in [0, 0.05) is 43.5 Å². The first kappa shape index (κ1) is 17.3. The molecule has 1 aromatic heterocycles. The number of nitrogens with zero attached hydrogens (tertiary/aromatic N) is 1. The lowest BCUT2D eigenvalue weighted by Crippen LogP contribution is -2.52. The number of aromatic nitrogens is 1. The molecule has 27 heavy (non-hydrogen) atoms. The molecule has 5 heteroatoms. The Kier molecular flexibility index (Phi) is 4.67. The zero-order valence-corrected chi connectivity index (χ0v) is 15.4. The third kappa shape index (κ3) is 3.45. The summed E-state index contributed by atoms with van der Waals surface area (Å²) in [6.45, 7) is 2.57. The first-order valence-electron chi connectivity index (χ1n) is 9.30. The maximum atomic E-state index is 12.8. The topological polar surface area (TPSA) is 65.2 Å². The van der Waals surface area contributed by atoms with Gasteiger partial charge in [-0.25, -0.2) is 0 Å². The molecule has 1 atom stereocenters. The van der Waals surface area contributed by atoms with Crippen LogP contribution in [0.1, 0.15) is 23.6 Å². The summed E-state index contributed by atoms with van der Waals surface area (Å²) >= 11 is 0. The fraction of sp³-hybridized carbons (Fsp3) is 0.273. The zero-order chi connectivity index (χ0) is 18.8. The zero-order valence-electron chi connectivity index (χ0n) is 15.4. The van der Waals surface area contributed by atoms with E-state index in [0.29, 0.717) is 19.5 Å². The van der Waals surface area contributed by atoms with Crippen molar-refractivity contribution in [3.63, 3.8) is 0 Å². The Bertz CT molecular complexity index is 992. The highest BCUT2D eigenvalue weighted by Crippen LogP contribution is 2.23. The fourth-order valence-corrected chi connectivity index (χ4v) is 3.86. The van der Waals surface area contributed by atoms with Crippen LogP contribution in [0.3, 0.4) is 0 Å². The molecule has 4 rings (SSSR count). The second-order valence-electron chi connectivity index (χ2n) is 7.04. The largest absolute Gasteiger partial charge is 0.361 e. The Hall–Kier alpha value is -3.08. The average Bonchev–Trinajstić information content (AvgIpc) is 3.10. The molecule has 2 amide bonds. The number of carbonyl (C=O) groups excluding carboxylic acids is 2. The predicted molar refractivity (Wildman–Crippen MR) is 105 cm³/mol. The molecule has 138 valence electrons. The van der Waals surface area contributed by atoms with Crippen LogP contribution in [0.15, 0.2) is 54.7 Å². The van der Waals surface area contributed by atoms with Gasteiger partial charge in [0.05, 0.1) is 0 Å². The van der Waals surface area contributed by atoms with Crippen LogP contribution in [0.2, 0.25) is 0 Å². The minimum absolute atomic E-state index is 0.0683. The maximum Gasteiger partial charge on any atom is 0.243 e. The number of rotatable bonds is 4. The molecule has 2 heterocycles. The molecule has 2 aromatic carbocycles. The Morgan fingerprint density at radius 3 is 2.67 bits per heavy atom. The molecule has 0 saturated carbocycles. The van der Waals surface area contributed by atoms with Gasteiger partial charge < -0.3 is 15.2 Å². The molecule has 0 unspecified atom stereocenters. The molecule has 1 aliphatic rings. The van der Waals surface area contributed by atoms with Gasteiger partial charge in [-0.1, -0.05) is 42.5 Å². The number of carbonyl (C=O) groups is 2. The molecular formula is C22H23N3O2. The summed E-state index contributed by atoms with van der Waals surface area (Å²) in [5.41, 5.74) is 4.55. The number of nitrogens with one attached hydrogen (secondary N) is 2. The van der Waals surface area contributed by atoms with E-state index in [2.05, 4.69) is 16.4 Å². The quantitative estimate of drug-likeness (QED) is 0.750. The number of benzene rings is 2. The van der Waals surface area contributed by atoms with Crippen molar-refractivity contribution in [1.82, 2.24) is 15.2 Å². The number of fused-ring (bicyclic) bond motifs is 2. The maximum absolute atomic E-state index is 12.8. The molecule has 3 aromatic rings. The van der Waals surface area contributed by atoms with Crippen LogP contribution in [-0.4, -0.2) is 34.3 Å². The van der Waals surface area contributed by atoms with Gasteiger partial charge in [-0.3, -0.25) is 9.59 Å². The summed E-state index contributed by atoms with van der Waals surface area (Å²) in [6, 6.07) is 15.7. The van der Waals surface area contributed by atoms with Gasteiger partial charge in [-0.15, -0.1) is 0 Å². The van der Waals surface area contributed by atoms with E-state index in [9.17, 15) is 9.59 Å². The molecule has 5 nitrogen and oxygen atoms in total. The van der Waals surface area contributed by atoms with Crippen molar-refractivity contribution in [2.45, 2.75) is 32.4 Å². The standard InChI is InChI=1S/C22H23N3O2/c1-15(26)25-14-18-7-3-2-6-16(18)12-21(25)22(27)23-11-10-17-13-24-20-9-5-4-8-19(17)20/h2-9,13,21,24H,10-12,14H2,1H3,(H,23,27)/t21-/m0/s1. The second-order valence-corrected chi connectivity index (χ2v) is 7.04. The molecule has 0 aliphatic carbocycles. The van der Waals surface area contributed by atoms with Crippen LogP contribution in [-0.2, 0) is 29.0 Å². The molecule has 1 aliphatic heterocycles. The van der Waals surface area contributed by atoms with Crippen molar-refractivity contribution in [2.24, 2.45) is 0 Å². The van der Waals surface area contributed by atoms with E-state index in [0.717, 1.165) is 23.1 Å². The van der Waals surface area contributed by atoms with E-state index >= 15 is 0 Å². The average molecular weight is 361 g/mol. The fourth-order valence-electron chi connectivity index (χ4n) is 3.86. The predicted octanol–water partition coefficient (Wildman–Crippen LogP) is 2.80. The monoisotopic (exact) mass is 361 g/mol. The van der Waals surface area contributed by atoms with Crippen molar-refractivity contribution in [1.29, 1.82) is 0 Å². The number of para-hydroxylation sites is 1. The molecule has 0 radical (unpaired) electrons. The minimum Gasteiger partial charge on any atom is -0.361 e. The third-order valence-electron chi connectivity index (χ3n) is 5.32. The smallest absolute Gasteiger partial charge is 0.243 e. The lowest BCUT2D eigenvalue weighted by Gasteiger charge is -2.35. The van der Waals surface area contributed by atoms with Crippen molar-refractivity contribution in [2.75, 3.05) is 6.54 Å². The van der Waals surface area contributed by atoms with Gasteiger partial charge in [-0.05, 0) is 29.2 Å². The highest BCUT2D eigenvalue weighted by atomic mass is 16.2. The van der Waals surface area contributed by atoms with Gasteiger partial charge in [0.25, 0.3) is 0 Å². The Balaban J connectivity index is 1.43. The number of hydrogen-bond donors (Lipinski definition) is 2. The van der Waals surface area contributed by atoms with E-state index in [1.807, 2.05) is 48.7 Å². The van der Waals surface area contributed by atoms with Crippen LogP contribution in [0, 0.1) is 0 Å². The van der Waals surface area contributed by atoms with Crippen molar-refractivity contribution in [3.05, 3.63) is 71.4 Å². The molecule has 0 saturated heterocycles. The van der Waals surface area contributed by atoms with E-state index in [-0.39, 0.29) is 11.8 Å². The molecular weight excluding hydrogens is 338 g/mol. The lowest BCUT2D eigenvalue weighted by molar-refractivity contribution is -0.140. The van der Waals surface area contributed by atoms with Crippen molar-refractivity contribution >= 4 is 22.7 Å².